The molecule has 0 saturated carbocycles. The summed E-state index contributed by atoms with van der Waals surface area (Å²) in [5.41, 5.74) is 0. The van der Waals surface area contributed by atoms with Crippen molar-refractivity contribution in [2.75, 3.05) is 13.2 Å². The van der Waals surface area contributed by atoms with E-state index in [1.165, 1.54) is 167 Å². The van der Waals surface area contributed by atoms with Gasteiger partial charge in [0.25, 0.3) is 0 Å². The van der Waals surface area contributed by atoms with Crippen LogP contribution in [0.25, 0.3) is 0 Å². The molecule has 0 bridgehead atoms. The van der Waals surface area contributed by atoms with Crippen molar-refractivity contribution in [2.24, 2.45) is 0 Å². The number of unbranched alkanes of at least 4 members (excludes halogenated alkanes) is 34. The van der Waals surface area contributed by atoms with E-state index >= 15 is 0 Å². The zero-order valence-electron chi connectivity index (χ0n) is 52.9. The number of esters is 1. The van der Waals surface area contributed by atoms with Crippen molar-refractivity contribution in [1.82, 2.24) is 5.32 Å². The van der Waals surface area contributed by atoms with Gasteiger partial charge in [0.1, 0.15) is 24.4 Å². The molecular weight excluding hydrogens is 1030 g/mol. The molecule has 8 unspecified atom stereocenters. The number of rotatable bonds is 58. The van der Waals surface area contributed by atoms with Crippen LogP contribution in [0, 0.1) is 0 Å². The lowest BCUT2D eigenvalue weighted by atomic mass is 9.99. The van der Waals surface area contributed by atoms with Crippen molar-refractivity contribution in [3.63, 3.8) is 0 Å². The number of ether oxygens (including phenoxy) is 3. The fraction of sp³-hybridized carbons (Fsp3) is 0.803. The molecule has 0 radical (unpaired) electrons. The molecule has 1 saturated heterocycles. The number of nitrogens with one attached hydrogen (secondary N) is 1. The maximum atomic E-state index is 13.5. The fourth-order valence-electron chi connectivity index (χ4n) is 10.5. The highest BCUT2D eigenvalue weighted by Gasteiger charge is 2.47. The first-order chi connectivity index (χ1) is 40.2. The van der Waals surface area contributed by atoms with Crippen LogP contribution >= 0.6 is 0 Å². The molecule has 6 N–H and O–H groups in total. The highest BCUT2D eigenvalue weighted by molar-refractivity contribution is 5.80. The van der Waals surface area contributed by atoms with Crippen LogP contribution in [0.4, 0.5) is 0 Å². The fourth-order valence-corrected chi connectivity index (χ4v) is 10.5. The Balaban J connectivity index is 2.62. The van der Waals surface area contributed by atoms with Crippen LogP contribution in [-0.4, -0.2) is 99.6 Å². The first kappa shape index (κ1) is 77.1. The molecular formula is C71H127NO10. The number of carbonyl (C=O) groups excluding carboxylic acids is 2. The highest BCUT2D eigenvalue weighted by atomic mass is 16.7. The molecule has 8 atom stereocenters. The predicted molar refractivity (Wildman–Crippen MR) is 343 cm³/mol. The van der Waals surface area contributed by atoms with Gasteiger partial charge >= 0.3 is 5.97 Å². The Morgan fingerprint density at radius 1 is 0.488 bits per heavy atom. The van der Waals surface area contributed by atoms with Gasteiger partial charge < -0.3 is 45.1 Å². The Morgan fingerprint density at radius 3 is 1.32 bits per heavy atom. The van der Waals surface area contributed by atoms with Crippen LogP contribution in [0.3, 0.4) is 0 Å². The Hall–Kier alpha value is -2.90. The van der Waals surface area contributed by atoms with Gasteiger partial charge in [0.15, 0.2) is 12.4 Å². The molecule has 82 heavy (non-hydrogen) atoms. The van der Waals surface area contributed by atoms with Crippen molar-refractivity contribution >= 4 is 11.9 Å². The van der Waals surface area contributed by atoms with Crippen molar-refractivity contribution < 1.29 is 49.3 Å². The second-order valence-electron chi connectivity index (χ2n) is 23.5. The minimum Gasteiger partial charge on any atom is -0.454 e. The van der Waals surface area contributed by atoms with E-state index in [0.717, 1.165) is 89.9 Å². The number of amides is 1. The quantitative estimate of drug-likeness (QED) is 0.0195. The third kappa shape index (κ3) is 45.5. The van der Waals surface area contributed by atoms with Crippen LogP contribution < -0.4 is 5.32 Å². The number of aliphatic hydroxyl groups excluding tert-OH is 5. The molecule has 1 aliphatic rings. The molecule has 1 amide bonds. The van der Waals surface area contributed by atoms with Crippen molar-refractivity contribution in [1.29, 1.82) is 0 Å². The van der Waals surface area contributed by atoms with Gasteiger partial charge in [-0.25, -0.2) is 0 Å². The lowest BCUT2D eigenvalue weighted by Crippen LogP contribution is -2.61. The largest absolute Gasteiger partial charge is 0.454 e. The highest BCUT2D eigenvalue weighted by Crippen LogP contribution is 2.26. The molecule has 11 nitrogen and oxygen atoms in total. The van der Waals surface area contributed by atoms with Gasteiger partial charge in [-0.15, -0.1) is 0 Å². The summed E-state index contributed by atoms with van der Waals surface area (Å²) in [7, 11) is 0. The van der Waals surface area contributed by atoms with Gasteiger partial charge in [-0.05, 0) is 70.6 Å². The molecule has 11 heteroatoms. The van der Waals surface area contributed by atoms with Gasteiger partial charge in [-0.3, -0.25) is 9.59 Å². The van der Waals surface area contributed by atoms with Crippen molar-refractivity contribution in [2.45, 2.75) is 352 Å². The zero-order valence-corrected chi connectivity index (χ0v) is 52.9. The number of aliphatic hydroxyl groups is 5. The summed E-state index contributed by atoms with van der Waals surface area (Å²) >= 11 is 0. The summed E-state index contributed by atoms with van der Waals surface area (Å²) in [6.07, 6.45) is 65.2. The molecule has 0 aromatic rings. The summed E-state index contributed by atoms with van der Waals surface area (Å²) < 4.78 is 17.6. The van der Waals surface area contributed by atoms with Crippen molar-refractivity contribution in [3.8, 4) is 0 Å². The second kappa shape index (κ2) is 58.5. The van der Waals surface area contributed by atoms with Gasteiger partial charge in [0, 0.05) is 6.42 Å². The minimum atomic E-state index is -1.63. The standard InChI is InChI=1S/C71H127NO10/c1-4-7-10-13-16-19-22-25-27-29-31-32-33-35-36-38-40-43-46-49-52-55-58-64(75)70(79)72-62(63(74)57-54-51-48-45-42-24-21-18-15-12-9-6-3)61-80-71-69(68(78)67(77)65(60-73)81-71)82-66(76)59-56-53-50-47-44-41-39-37-34-30-28-26-23-20-17-14-11-8-5-2/h8,11,17,20,26,28,34,37,41,44,54,57,62-65,67-69,71,73-75,77-78H,4-7,9-10,12-16,18-19,21-25,27,29-33,35-36,38-40,42-43,45-53,55-56,58-61H2,1-3H3,(H,72,79)/b11-8-,20-17-,28-26-,37-34-,44-41-,57-54+. The average molecular weight is 1150 g/mol. The zero-order chi connectivity index (χ0) is 59.6. The van der Waals surface area contributed by atoms with E-state index in [1.54, 1.807) is 6.08 Å². The third-order valence-corrected chi connectivity index (χ3v) is 15.9. The smallest absolute Gasteiger partial charge is 0.306 e. The number of hydrogen-bond acceptors (Lipinski definition) is 10. The monoisotopic (exact) mass is 1150 g/mol. The minimum absolute atomic E-state index is 0.0832. The molecule has 1 rings (SSSR count). The Bertz CT molecular complexity index is 1610. The van der Waals surface area contributed by atoms with E-state index in [9.17, 15) is 35.1 Å². The summed E-state index contributed by atoms with van der Waals surface area (Å²) in [6, 6.07) is -1.03. The summed E-state index contributed by atoms with van der Waals surface area (Å²) in [6.45, 7) is 5.69. The van der Waals surface area contributed by atoms with Crippen LogP contribution in [0.2, 0.25) is 0 Å². The maximum Gasteiger partial charge on any atom is 0.306 e. The topological polar surface area (TPSA) is 175 Å². The number of hydrogen-bond donors (Lipinski definition) is 6. The van der Waals surface area contributed by atoms with Gasteiger partial charge in [0.2, 0.25) is 5.91 Å². The van der Waals surface area contributed by atoms with E-state index < -0.39 is 67.4 Å². The van der Waals surface area contributed by atoms with E-state index in [4.69, 9.17) is 14.2 Å². The summed E-state index contributed by atoms with van der Waals surface area (Å²) in [5, 5.41) is 57.1. The van der Waals surface area contributed by atoms with Crippen LogP contribution in [0.1, 0.15) is 303 Å². The maximum absolute atomic E-state index is 13.5. The Kier molecular flexibility index (Phi) is 55.0. The molecule has 0 aliphatic carbocycles. The normalized spacial score (nSPS) is 19.0. The first-order valence-electron chi connectivity index (χ1n) is 34.2. The second-order valence-corrected chi connectivity index (χ2v) is 23.5. The SMILES string of the molecule is CC/C=C\C/C=C\C/C=C\C/C=C\C/C=C\CCCCCC(=O)OC1C(OCC(NC(=O)C(O)CCCCCCCCCCCCCCCCCCCCCCCC)C(O)/C=C/CCCCCCCCCCCC)OC(CO)C(O)C1O. The summed E-state index contributed by atoms with van der Waals surface area (Å²) in [5.74, 6) is -1.22. The van der Waals surface area contributed by atoms with Gasteiger partial charge in [-0.1, -0.05) is 299 Å². The van der Waals surface area contributed by atoms with E-state index in [2.05, 4.69) is 86.8 Å². The van der Waals surface area contributed by atoms with Crippen molar-refractivity contribution in [3.05, 3.63) is 72.9 Å². The van der Waals surface area contributed by atoms with Gasteiger partial charge in [0.05, 0.1) is 25.4 Å². The molecule has 1 heterocycles. The van der Waals surface area contributed by atoms with Crippen LogP contribution in [-0.2, 0) is 23.8 Å². The number of allylic oxidation sites excluding steroid dienone is 11. The predicted octanol–water partition coefficient (Wildman–Crippen LogP) is 17.1. The van der Waals surface area contributed by atoms with Gasteiger partial charge in [-0.2, -0.15) is 0 Å². The molecule has 0 spiro atoms. The lowest BCUT2D eigenvalue weighted by molar-refractivity contribution is -0.305. The average Bonchev–Trinajstić information content (AvgIpc) is 3.44. The molecule has 1 fully saturated rings. The van der Waals surface area contributed by atoms with Crippen LogP contribution in [0.5, 0.6) is 0 Å². The molecule has 476 valence electrons. The van der Waals surface area contributed by atoms with E-state index in [0.29, 0.717) is 19.3 Å². The first-order valence-corrected chi connectivity index (χ1v) is 34.2. The molecule has 1 aliphatic heterocycles. The van der Waals surface area contributed by atoms with E-state index in [1.807, 2.05) is 6.08 Å². The third-order valence-electron chi connectivity index (χ3n) is 15.9. The number of carbonyl (C=O) groups is 2. The van der Waals surface area contributed by atoms with E-state index in [-0.39, 0.29) is 13.0 Å². The Labute approximate surface area is 502 Å². The van der Waals surface area contributed by atoms with Crippen LogP contribution in [0.15, 0.2) is 72.9 Å². The summed E-state index contributed by atoms with van der Waals surface area (Å²) in [4.78, 5) is 26.6. The Morgan fingerprint density at radius 2 is 0.878 bits per heavy atom. The lowest BCUT2D eigenvalue weighted by Gasteiger charge is -2.41. The molecule has 0 aromatic carbocycles. The molecule has 0 aromatic heterocycles.